The Morgan fingerprint density at radius 1 is 1.14 bits per heavy atom. The average Bonchev–Trinajstić information content (AvgIpc) is 2.56. The number of fused-ring (bicyclic) bond motifs is 1. The fourth-order valence-electron chi connectivity index (χ4n) is 3.33. The lowest BCUT2D eigenvalue weighted by atomic mass is 9.92. The third kappa shape index (κ3) is 2.98. The van der Waals surface area contributed by atoms with Crippen molar-refractivity contribution in [1.82, 2.24) is 4.90 Å². The van der Waals surface area contributed by atoms with Crippen LogP contribution in [0, 0.1) is 11.3 Å². The van der Waals surface area contributed by atoms with E-state index >= 15 is 0 Å². The van der Waals surface area contributed by atoms with Gasteiger partial charge in [-0.05, 0) is 37.6 Å². The molecule has 1 fully saturated rings. The summed E-state index contributed by atoms with van der Waals surface area (Å²) in [7, 11) is 2.07. The Morgan fingerprint density at radius 3 is 2.57 bits per heavy atom. The zero-order chi connectivity index (χ0) is 14.7. The molecule has 1 aliphatic carbocycles. The minimum atomic E-state index is -0.219. The molecule has 1 aromatic carbocycles. The van der Waals surface area contributed by atoms with E-state index in [1.807, 2.05) is 18.2 Å². The van der Waals surface area contributed by atoms with Gasteiger partial charge in [-0.25, -0.2) is 0 Å². The van der Waals surface area contributed by atoms with Crippen LogP contribution in [0.1, 0.15) is 43.7 Å². The molecule has 0 radical (unpaired) electrons. The van der Waals surface area contributed by atoms with E-state index in [4.69, 9.17) is 9.47 Å². The molecule has 0 bridgehead atoms. The van der Waals surface area contributed by atoms with Crippen molar-refractivity contribution in [3.63, 3.8) is 0 Å². The minimum Gasteiger partial charge on any atom is -0.486 e. The molecule has 0 N–H and O–H groups in total. The number of hydrogen-bond donors (Lipinski definition) is 0. The summed E-state index contributed by atoms with van der Waals surface area (Å²) in [4.78, 5) is 2.23. The molecule has 1 atom stereocenters. The van der Waals surface area contributed by atoms with Crippen molar-refractivity contribution < 1.29 is 9.47 Å². The number of ether oxygens (including phenoxy) is 2. The predicted molar refractivity (Wildman–Crippen MR) is 80.4 cm³/mol. The molecule has 1 aliphatic heterocycles. The van der Waals surface area contributed by atoms with Crippen molar-refractivity contribution in [2.24, 2.45) is 0 Å². The second kappa shape index (κ2) is 6.36. The van der Waals surface area contributed by atoms with Gasteiger partial charge in [0.05, 0.1) is 6.07 Å². The topological polar surface area (TPSA) is 45.5 Å². The van der Waals surface area contributed by atoms with Crippen molar-refractivity contribution >= 4 is 0 Å². The quantitative estimate of drug-likeness (QED) is 0.855. The summed E-state index contributed by atoms with van der Waals surface area (Å²) >= 11 is 0. The maximum atomic E-state index is 9.62. The number of nitriles is 1. The number of nitrogens with zero attached hydrogens (tertiary/aromatic N) is 2. The lowest BCUT2D eigenvalue weighted by Gasteiger charge is -2.34. The summed E-state index contributed by atoms with van der Waals surface area (Å²) in [6.07, 6.45) is 6.26. The lowest BCUT2D eigenvalue weighted by molar-refractivity contribution is 0.160. The first-order valence-corrected chi connectivity index (χ1v) is 7.80. The van der Waals surface area contributed by atoms with Crippen LogP contribution in [0.3, 0.4) is 0 Å². The maximum Gasteiger partial charge on any atom is 0.161 e. The number of benzene rings is 1. The van der Waals surface area contributed by atoms with Crippen molar-refractivity contribution in [3.8, 4) is 17.6 Å². The Kier molecular flexibility index (Phi) is 4.31. The number of hydrogen-bond acceptors (Lipinski definition) is 4. The van der Waals surface area contributed by atoms with Crippen molar-refractivity contribution in [2.75, 3.05) is 20.3 Å². The first-order chi connectivity index (χ1) is 10.3. The van der Waals surface area contributed by atoms with E-state index in [1.165, 1.54) is 32.1 Å². The van der Waals surface area contributed by atoms with Crippen LogP contribution in [-0.4, -0.2) is 31.2 Å². The van der Waals surface area contributed by atoms with Gasteiger partial charge in [-0.3, -0.25) is 4.90 Å². The molecule has 4 nitrogen and oxygen atoms in total. The summed E-state index contributed by atoms with van der Waals surface area (Å²) in [5, 5.41) is 9.62. The number of rotatable bonds is 3. The van der Waals surface area contributed by atoms with Gasteiger partial charge in [0.1, 0.15) is 19.3 Å². The Labute approximate surface area is 126 Å². The molecular formula is C17H22N2O2. The Bertz CT molecular complexity index is 532. The molecule has 1 saturated carbocycles. The van der Waals surface area contributed by atoms with Gasteiger partial charge in [0, 0.05) is 6.04 Å². The van der Waals surface area contributed by atoms with E-state index in [1.54, 1.807) is 0 Å². The van der Waals surface area contributed by atoms with Crippen molar-refractivity contribution in [2.45, 2.75) is 44.2 Å². The molecular weight excluding hydrogens is 264 g/mol. The summed E-state index contributed by atoms with van der Waals surface area (Å²) in [5.41, 5.74) is 0.995. The van der Waals surface area contributed by atoms with Crippen LogP contribution >= 0.6 is 0 Å². The Morgan fingerprint density at radius 2 is 1.86 bits per heavy atom. The largest absolute Gasteiger partial charge is 0.486 e. The van der Waals surface area contributed by atoms with Gasteiger partial charge >= 0.3 is 0 Å². The first kappa shape index (κ1) is 14.2. The predicted octanol–water partition coefficient (Wildman–Crippen LogP) is 3.29. The monoisotopic (exact) mass is 286 g/mol. The minimum absolute atomic E-state index is 0.219. The molecule has 21 heavy (non-hydrogen) atoms. The molecule has 0 aromatic heterocycles. The van der Waals surface area contributed by atoms with E-state index in [0.29, 0.717) is 19.3 Å². The highest BCUT2D eigenvalue weighted by atomic mass is 16.6. The lowest BCUT2D eigenvalue weighted by Crippen LogP contribution is -2.36. The van der Waals surface area contributed by atoms with Crippen molar-refractivity contribution in [3.05, 3.63) is 23.8 Å². The Balaban J connectivity index is 1.80. The standard InChI is InChI=1S/C17H22N2O2/c1-19(14-5-3-2-4-6-14)15(12-18)13-7-8-16-17(11-13)21-10-9-20-16/h7-8,11,14-15H,2-6,9-10H2,1H3. The van der Waals surface area contributed by atoms with Gasteiger partial charge in [-0.15, -0.1) is 0 Å². The van der Waals surface area contributed by atoms with Crippen LogP contribution in [0.4, 0.5) is 0 Å². The summed E-state index contributed by atoms with van der Waals surface area (Å²) < 4.78 is 11.2. The van der Waals surface area contributed by atoms with Crippen LogP contribution in [-0.2, 0) is 0 Å². The second-order valence-corrected chi connectivity index (χ2v) is 5.89. The average molecular weight is 286 g/mol. The highest BCUT2D eigenvalue weighted by molar-refractivity contribution is 5.45. The molecule has 1 aromatic rings. The van der Waals surface area contributed by atoms with Gasteiger partial charge in [0.25, 0.3) is 0 Å². The maximum absolute atomic E-state index is 9.62. The summed E-state index contributed by atoms with van der Waals surface area (Å²) in [6.45, 7) is 1.17. The van der Waals surface area contributed by atoms with E-state index in [0.717, 1.165) is 17.1 Å². The highest BCUT2D eigenvalue weighted by Crippen LogP contribution is 2.35. The second-order valence-electron chi connectivity index (χ2n) is 5.89. The van der Waals surface area contributed by atoms with Crippen LogP contribution < -0.4 is 9.47 Å². The molecule has 0 amide bonds. The van der Waals surface area contributed by atoms with Gasteiger partial charge < -0.3 is 9.47 Å². The van der Waals surface area contributed by atoms with Crippen LogP contribution in [0.2, 0.25) is 0 Å². The molecule has 112 valence electrons. The zero-order valence-electron chi connectivity index (χ0n) is 12.5. The third-order valence-electron chi connectivity index (χ3n) is 4.56. The van der Waals surface area contributed by atoms with Crippen LogP contribution in [0.25, 0.3) is 0 Å². The molecule has 4 heteroatoms. The van der Waals surface area contributed by atoms with Gasteiger partial charge in [-0.2, -0.15) is 5.26 Å². The van der Waals surface area contributed by atoms with E-state index in [2.05, 4.69) is 18.0 Å². The summed E-state index contributed by atoms with van der Waals surface area (Å²) in [6, 6.07) is 8.61. The molecule has 2 aliphatic rings. The Hall–Kier alpha value is -1.73. The zero-order valence-corrected chi connectivity index (χ0v) is 12.5. The van der Waals surface area contributed by atoms with E-state index in [9.17, 15) is 5.26 Å². The molecule has 3 rings (SSSR count). The molecule has 0 spiro atoms. The van der Waals surface area contributed by atoms with E-state index in [-0.39, 0.29) is 6.04 Å². The fourth-order valence-corrected chi connectivity index (χ4v) is 3.33. The molecule has 1 heterocycles. The first-order valence-electron chi connectivity index (χ1n) is 7.80. The van der Waals surface area contributed by atoms with Crippen LogP contribution in [0.5, 0.6) is 11.5 Å². The van der Waals surface area contributed by atoms with Crippen molar-refractivity contribution in [1.29, 1.82) is 5.26 Å². The highest BCUT2D eigenvalue weighted by Gasteiger charge is 2.26. The van der Waals surface area contributed by atoms with E-state index < -0.39 is 0 Å². The van der Waals surface area contributed by atoms with Gasteiger partial charge in [-0.1, -0.05) is 25.3 Å². The third-order valence-corrected chi connectivity index (χ3v) is 4.56. The van der Waals surface area contributed by atoms with Gasteiger partial charge in [0.15, 0.2) is 11.5 Å². The normalized spacial score (nSPS) is 20.0. The van der Waals surface area contributed by atoms with Crippen LogP contribution in [0.15, 0.2) is 18.2 Å². The molecule has 1 unspecified atom stereocenters. The summed E-state index contributed by atoms with van der Waals surface area (Å²) in [5.74, 6) is 1.54. The smallest absolute Gasteiger partial charge is 0.161 e. The molecule has 0 saturated heterocycles. The van der Waals surface area contributed by atoms with Gasteiger partial charge in [0.2, 0.25) is 0 Å². The SMILES string of the molecule is CN(C1CCCCC1)C(C#N)c1ccc2c(c1)OCCO2. The fraction of sp³-hybridized carbons (Fsp3) is 0.588.